The van der Waals surface area contributed by atoms with E-state index < -0.39 is 40.9 Å². The van der Waals surface area contributed by atoms with E-state index in [2.05, 4.69) is 15.6 Å². The van der Waals surface area contributed by atoms with Crippen molar-refractivity contribution in [2.75, 3.05) is 6.54 Å². The number of aromatic nitrogens is 2. The highest BCUT2D eigenvalue weighted by molar-refractivity contribution is 5.94. The number of rotatable bonds is 4. The molecule has 3 rings (SSSR count). The monoisotopic (exact) mass is 364 g/mol. The van der Waals surface area contributed by atoms with Gasteiger partial charge in [0.05, 0.1) is 6.04 Å². The van der Waals surface area contributed by atoms with Gasteiger partial charge in [0, 0.05) is 26.6 Å². The van der Waals surface area contributed by atoms with Crippen molar-refractivity contribution < 1.29 is 18.7 Å². The number of aromatic hydroxyl groups is 1. The largest absolute Gasteiger partial charge is 0.501 e. The van der Waals surface area contributed by atoms with Crippen LogP contribution in [0.3, 0.4) is 0 Å². The summed E-state index contributed by atoms with van der Waals surface area (Å²) in [5.41, 5.74) is -0.568. The maximum absolute atomic E-state index is 13.4. The van der Waals surface area contributed by atoms with Crippen LogP contribution in [0.4, 0.5) is 8.78 Å². The molecule has 0 radical (unpaired) electrons. The van der Waals surface area contributed by atoms with Crippen LogP contribution in [0.25, 0.3) is 0 Å². The van der Waals surface area contributed by atoms with E-state index in [0.29, 0.717) is 5.56 Å². The van der Waals surface area contributed by atoms with Crippen LogP contribution in [-0.4, -0.2) is 33.3 Å². The number of amides is 1. The molecule has 1 fully saturated rings. The quantitative estimate of drug-likeness (QED) is 0.750. The van der Waals surface area contributed by atoms with Crippen LogP contribution in [0.15, 0.2) is 29.1 Å². The van der Waals surface area contributed by atoms with E-state index in [9.17, 15) is 23.5 Å². The third kappa shape index (κ3) is 3.57. The van der Waals surface area contributed by atoms with Crippen molar-refractivity contribution in [2.45, 2.75) is 25.2 Å². The Morgan fingerprint density at radius 3 is 2.73 bits per heavy atom. The molecule has 138 valence electrons. The molecule has 26 heavy (non-hydrogen) atoms. The maximum atomic E-state index is 13.4. The summed E-state index contributed by atoms with van der Waals surface area (Å²) in [6.45, 7) is 0.201. The second-order valence-corrected chi connectivity index (χ2v) is 6.13. The minimum absolute atomic E-state index is 0.0685. The smallest absolute Gasteiger partial charge is 0.296 e. The van der Waals surface area contributed by atoms with Crippen LogP contribution in [0.5, 0.6) is 5.75 Å². The van der Waals surface area contributed by atoms with Gasteiger partial charge in [-0.15, -0.1) is 0 Å². The first kappa shape index (κ1) is 18.0. The Labute approximate surface area is 147 Å². The van der Waals surface area contributed by atoms with Crippen LogP contribution < -0.4 is 16.2 Å². The van der Waals surface area contributed by atoms with Gasteiger partial charge in [0.1, 0.15) is 17.8 Å². The van der Waals surface area contributed by atoms with Crippen LogP contribution >= 0.6 is 0 Å². The van der Waals surface area contributed by atoms with Gasteiger partial charge in [0.2, 0.25) is 5.75 Å². The first-order valence-electron chi connectivity index (χ1n) is 8.06. The molecule has 1 saturated heterocycles. The topological polar surface area (TPSA) is 96.2 Å². The normalized spacial score (nSPS) is 19.5. The third-order valence-corrected chi connectivity index (χ3v) is 4.27. The molecule has 1 aromatic heterocycles. The van der Waals surface area contributed by atoms with Gasteiger partial charge in [-0.25, -0.2) is 13.8 Å². The number of hydrogen-bond acceptors (Lipinski definition) is 5. The summed E-state index contributed by atoms with van der Waals surface area (Å²) in [7, 11) is 1.40. The Morgan fingerprint density at radius 1 is 1.42 bits per heavy atom. The van der Waals surface area contributed by atoms with Crippen molar-refractivity contribution in [1.82, 2.24) is 20.2 Å². The zero-order valence-electron chi connectivity index (χ0n) is 14.0. The van der Waals surface area contributed by atoms with Crippen LogP contribution in [0.2, 0.25) is 0 Å². The minimum Gasteiger partial charge on any atom is -0.501 e. The van der Waals surface area contributed by atoms with Gasteiger partial charge >= 0.3 is 0 Å². The average molecular weight is 364 g/mol. The number of nitrogens with zero attached hydrogens (tertiary/aromatic N) is 2. The molecule has 2 heterocycles. The summed E-state index contributed by atoms with van der Waals surface area (Å²) in [6, 6.07) is 5.00. The van der Waals surface area contributed by atoms with E-state index in [4.69, 9.17) is 0 Å². The second kappa shape index (κ2) is 7.20. The van der Waals surface area contributed by atoms with E-state index in [1.54, 1.807) is 0 Å². The lowest BCUT2D eigenvalue weighted by Gasteiger charge is -2.16. The Bertz CT molecular complexity index is 883. The van der Waals surface area contributed by atoms with Gasteiger partial charge in [0.15, 0.2) is 5.69 Å². The summed E-state index contributed by atoms with van der Waals surface area (Å²) < 4.78 is 27.4. The highest BCUT2D eigenvalue weighted by Crippen LogP contribution is 2.24. The van der Waals surface area contributed by atoms with Gasteiger partial charge < -0.3 is 15.7 Å². The number of hydrogen-bond donors (Lipinski definition) is 3. The summed E-state index contributed by atoms with van der Waals surface area (Å²) in [6.07, 6.45) is -0.941. The molecular formula is C17H18F2N4O3. The Hall–Kier alpha value is -2.81. The summed E-state index contributed by atoms with van der Waals surface area (Å²) in [5.74, 6) is -1.74. The molecule has 1 aliphatic rings. The lowest BCUT2D eigenvalue weighted by Crippen LogP contribution is -2.32. The average Bonchev–Trinajstić information content (AvgIpc) is 3.05. The number of halogens is 2. The number of nitrogens with one attached hydrogen (secondary N) is 2. The lowest BCUT2D eigenvalue weighted by atomic mass is 10.2. The molecule has 7 nitrogen and oxygen atoms in total. The standard InChI is InChI=1S/C17H18F2N4O3/c1-23-15(12-6-11(19)8-20-12)22-13(14(24)17(23)26)16(25)21-7-9-2-4-10(18)5-3-9/h2-5,11-12,20,24H,6-8H2,1H3,(H,21,25)/t11-,12-/m0/s1. The van der Waals surface area contributed by atoms with Crippen LogP contribution in [-0.2, 0) is 13.6 Å². The lowest BCUT2D eigenvalue weighted by molar-refractivity contribution is 0.0941. The fourth-order valence-corrected chi connectivity index (χ4v) is 2.83. The molecule has 3 N–H and O–H groups in total. The molecule has 0 spiro atoms. The molecule has 2 aromatic rings. The molecular weight excluding hydrogens is 346 g/mol. The van der Waals surface area contributed by atoms with Crippen molar-refractivity contribution >= 4 is 5.91 Å². The number of alkyl halides is 1. The zero-order valence-corrected chi connectivity index (χ0v) is 14.0. The third-order valence-electron chi connectivity index (χ3n) is 4.27. The Kier molecular flexibility index (Phi) is 4.99. The van der Waals surface area contributed by atoms with E-state index in [-0.39, 0.29) is 25.3 Å². The van der Waals surface area contributed by atoms with Gasteiger partial charge in [-0.2, -0.15) is 0 Å². The highest BCUT2D eigenvalue weighted by atomic mass is 19.1. The van der Waals surface area contributed by atoms with Gasteiger partial charge in [0.25, 0.3) is 11.5 Å². The van der Waals surface area contributed by atoms with Crippen molar-refractivity contribution in [3.63, 3.8) is 0 Å². The number of benzene rings is 1. The number of carbonyl (C=O) groups excluding carboxylic acids is 1. The molecule has 1 aromatic carbocycles. The van der Waals surface area contributed by atoms with Crippen molar-refractivity contribution in [3.05, 3.63) is 57.5 Å². The molecule has 2 atom stereocenters. The fourth-order valence-electron chi connectivity index (χ4n) is 2.83. The molecule has 1 amide bonds. The summed E-state index contributed by atoms with van der Waals surface area (Å²) in [5, 5.41) is 15.4. The predicted molar refractivity (Wildman–Crippen MR) is 89.0 cm³/mol. The van der Waals surface area contributed by atoms with Crippen molar-refractivity contribution in [1.29, 1.82) is 0 Å². The molecule has 0 saturated carbocycles. The molecule has 0 unspecified atom stereocenters. The summed E-state index contributed by atoms with van der Waals surface area (Å²) in [4.78, 5) is 28.6. The van der Waals surface area contributed by atoms with Crippen LogP contribution in [0, 0.1) is 5.82 Å². The highest BCUT2D eigenvalue weighted by Gasteiger charge is 2.30. The summed E-state index contributed by atoms with van der Waals surface area (Å²) >= 11 is 0. The first-order chi connectivity index (χ1) is 12.4. The SMILES string of the molecule is Cn1c([C@@H]2C[C@H](F)CN2)nc(C(=O)NCc2ccc(F)cc2)c(O)c1=O. The molecule has 0 aliphatic carbocycles. The van der Waals surface area contributed by atoms with Crippen LogP contribution in [0.1, 0.15) is 34.3 Å². The Morgan fingerprint density at radius 2 is 2.12 bits per heavy atom. The molecule has 0 bridgehead atoms. The van der Waals surface area contributed by atoms with E-state index >= 15 is 0 Å². The number of carbonyl (C=O) groups is 1. The Balaban J connectivity index is 1.84. The van der Waals surface area contributed by atoms with Crippen molar-refractivity contribution in [3.8, 4) is 5.75 Å². The molecule has 1 aliphatic heterocycles. The van der Waals surface area contributed by atoms with Gasteiger partial charge in [-0.05, 0) is 17.7 Å². The van der Waals surface area contributed by atoms with Crippen molar-refractivity contribution in [2.24, 2.45) is 7.05 Å². The van der Waals surface area contributed by atoms with E-state index in [1.165, 1.54) is 31.3 Å². The molecule has 9 heteroatoms. The zero-order chi connectivity index (χ0) is 18.8. The van der Waals surface area contributed by atoms with E-state index in [0.717, 1.165) is 4.57 Å². The minimum atomic E-state index is -1.07. The van der Waals surface area contributed by atoms with E-state index in [1.807, 2.05) is 0 Å². The van der Waals surface area contributed by atoms with Gasteiger partial charge in [-0.1, -0.05) is 12.1 Å². The first-order valence-corrected chi connectivity index (χ1v) is 8.06. The second-order valence-electron chi connectivity index (χ2n) is 6.13. The maximum Gasteiger partial charge on any atom is 0.296 e. The predicted octanol–water partition coefficient (Wildman–Crippen LogP) is 0.927. The van der Waals surface area contributed by atoms with Gasteiger partial charge in [-0.3, -0.25) is 14.2 Å². The fraction of sp³-hybridized carbons (Fsp3) is 0.353.